The van der Waals surface area contributed by atoms with Crippen LogP contribution in [-0.2, 0) is 10.2 Å². The molecule has 1 aliphatic carbocycles. The number of carbonyl (C=O) groups is 1. The zero-order valence-electron chi connectivity index (χ0n) is 14.2. The van der Waals surface area contributed by atoms with E-state index in [1.807, 2.05) is 6.08 Å². The smallest absolute Gasteiger partial charge is 0.244 e. The Kier molecular flexibility index (Phi) is 5.82. The number of benzene rings is 1. The third-order valence-electron chi connectivity index (χ3n) is 4.41. The summed E-state index contributed by atoms with van der Waals surface area (Å²) in [5, 5.41) is 3.14. The van der Waals surface area contributed by atoms with Crippen molar-refractivity contribution >= 4 is 12.0 Å². The molecule has 0 aromatic heterocycles. The number of hydrogen-bond donors (Lipinski definition) is 1. The van der Waals surface area contributed by atoms with E-state index in [0.29, 0.717) is 6.04 Å². The molecule has 0 aliphatic heterocycles. The minimum absolute atomic E-state index is 0.0341. The maximum absolute atomic E-state index is 12.0. The molecule has 1 N–H and O–H groups in total. The van der Waals surface area contributed by atoms with Crippen molar-refractivity contribution < 1.29 is 4.79 Å². The summed E-state index contributed by atoms with van der Waals surface area (Å²) in [4.78, 5) is 12.0. The van der Waals surface area contributed by atoms with Crippen molar-refractivity contribution in [2.75, 3.05) is 0 Å². The number of rotatable bonds is 3. The highest BCUT2D eigenvalue weighted by Gasteiger charge is 2.14. The normalized spacial score (nSPS) is 17.4. The molecule has 22 heavy (non-hydrogen) atoms. The first-order valence-electron chi connectivity index (χ1n) is 8.54. The highest BCUT2D eigenvalue weighted by molar-refractivity contribution is 5.91. The second-order valence-corrected chi connectivity index (χ2v) is 7.40. The molecule has 2 nitrogen and oxygen atoms in total. The predicted octanol–water partition coefficient (Wildman–Crippen LogP) is 4.84. The van der Waals surface area contributed by atoms with Crippen LogP contribution < -0.4 is 5.32 Å². The van der Waals surface area contributed by atoms with E-state index in [4.69, 9.17) is 0 Å². The molecule has 0 spiro atoms. The van der Waals surface area contributed by atoms with Gasteiger partial charge in [-0.3, -0.25) is 4.79 Å². The third kappa shape index (κ3) is 5.32. The lowest BCUT2D eigenvalue weighted by Gasteiger charge is -2.18. The van der Waals surface area contributed by atoms with Gasteiger partial charge in [0.05, 0.1) is 0 Å². The minimum atomic E-state index is 0.0341. The van der Waals surface area contributed by atoms with Crippen molar-refractivity contribution in [3.8, 4) is 0 Å². The van der Waals surface area contributed by atoms with Gasteiger partial charge in [-0.25, -0.2) is 0 Å². The van der Waals surface area contributed by atoms with Gasteiger partial charge in [0.2, 0.25) is 5.91 Å². The van der Waals surface area contributed by atoms with Gasteiger partial charge in [0.1, 0.15) is 0 Å². The molecule has 0 unspecified atom stereocenters. The van der Waals surface area contributed by atoms with Gasteiger partial charge in [0.15, 0.2) is 0 Å². The van der Waals surface area contributed by atoms with Crippen LogP contribution in [0.15, 0.2) is 30.3 Å². The summed E-state index contributed by atoms with van der Waals surface area (Å²) < 4.78 is 0. The number of hydrogen-bond acceptors (Lipinski definition) is 1. The Bertz CT molecular complexity index is 500. The Morgan fingerprint density at radius 2 is 1.64 bits per heavy atom. The summed E-state index contributed by atoms with van der Waals surface area (Å²) in [5.41, 5.74) is 2.55. The Morgan fingerprint density at radius 3 is 2.18 bits per heavy atom. The van der Waals surface area contributed by atoms with Crippen molar-refractivity contribution in [1.29, 1.82) is 0 Å². The molecule has 2 rings (SSSR count). The van der Waals surface area contributed by atoms with E-state index in [1.54, 1.807) is 6.08 Å². The molecule has 1 aromatic carbocycles. The Morgan fingerprint density at radius 1 is 1.05 bits per heavy atom. The molecule has 120 valence electrons. The van der Waals surface area contributed by atoms with E-state index in [2.05, 4.69) is 50.4 Å². The summed E-state index contributed by atoms with van der Waals surface area (Å²) >= 11 is 0. The molecule has 0 saturated heterocycles. The van der Waals surface area contributed by atoms with Crippen LogP contribution >= 0.6 is 0 Å². The Labute approximate surface area is 135 Å². The second-order valence-electron chi connectivity index (χ2n) is 7.40. The molecule has 1 amide bonds. The van der Waals surface area contributed by atoms with Gasteiger partial charge in [-0.1, -0.05) is 70.7 Å². The van der Waals surface area contributed by atoms with E-state index in [1.165, 1.54) is 31.2 Å². The topological polar surface area (TPSA) is 29.1 Å². The minimum Gasteiger partial charge on any atom is -0.350 e. The first-order chi connectivity index (χ1) is 10.4. The van der Waals surface area contributed by atoms with Crippen LogP contribution in [0.25, 0.3) is 6.08 Å². The second kappa shape index (κ2) is 7.62. The molecule has 2 heteroatoms. The average molecular weight is 299 g/mol. The molecule has 1 saturated carbocycles. The van der Waals surface area contributed by atoms with Crippen molar-refractivity contribution in [1.82, 2.24) is 5.32 Å². The van der Waals surface area contributed by atoms with Crippen LogP contribution in [0.5, 0.6) is 0 Å². The molecule has 1 aromatic rings. The quantitative estimate of drug-likeness (QED) is 0.628. The van der Waals surface area contributed by atoms with Crippen LogP contribution in [0.4, 0.5) is 0 Å². The van der Waals surface area contributed by atoms with E-state index in [-0.39, 0.29) is 11.3 Å². The third-order valence-corrected chi connectivity index (χ3v) is 4.41. The molecule has 1 fully saturated rings. The molecule has 0 bridgehead atoms. The Hall–Kier alpha value is -1.57. The molecular weight excluding hydrogens is 270 g/mol. The van der Waals surface area contributed by atoms with Gasteiger partial charge in [-0.15, -0.1) is 0 Å². The van der Waals surface area contributed by atoms with Gasteiger partial charge in [0, 0.05) is 12.1 Å². The lowest BCUT2D eigenvalue weighted by molar-refractivity contribution is -0.117. The maximum Gasteiger partial charge on any atom is 0.244 e. The van der Waals surface area contributed by atoms with Crippen molar-refractivity contribution in [2.24, 2.45) is 0 Å². The number of nitrogens with one attached hydrogen (secondary N) is 1. The lowest BCUT2D eigenvalue weighted by Crippen LogP contribution is -2.33. The summed E-state index contributed by atoms with van der Waals surface area (Å²) in [7, 11) is 0. The highest BCUT2D eigenvalue weighted by atomic mass is 16.1. The SMILES string of the molecule is CC(C)(C)c1ccc(/C=C/C(=O)NC2CCCCCC2)cc1. The summed E-state index contributed by atoms with van der Waals surface area (Å²) in [6.45, 7) is 6.62. The summed E-state index contributed by atoms with van der Waals surface area (Å²) in [5.74, 6) is 0.0341. The van der Waals surface area contributed by atoms with Gasteiger partial charge in [0.25, 0.3) is 0 Å². The van der Waals surface area contributed by atoms with E-state index in [9.17, 15) is 4.79 Å². The van der Waals surface area contributed by atoms with Crippen LogP contribution in [0.3, 0.4) is 0 Å². The molecule has 0 atom stereocenters. The van der Waals surface area contributed by atoms with Crippen molar-refractivity contribution in [3.63, 3.8) is 0 Å². The fraction of sp³-hybridized carbons (Fsp3) is 0.550. The van der Waals surface area contributed by atoms with Crippen LogP contribution in [0.2, 0.25) is 0 Å². The lowest BCUT2D eigenvalue weighted by atomic mass is 9.87. The number of amides is 1. The van der Waals surface area contributed by atoms with Crippen LogP contribution in [-0.4, -0.2) is 11.9 Å². The van der Waals surface area contributed by atoms with E-state index < -0.39 is 0 Å². The zero-order chi connectivity index (χ0) is 16.0. The molecule has 0 radical (unpaired) electrons. The van der Waals surface area contributed by atoms with Crippen LogP contribution in [0.1, 0.15) is 70.4 Å². The fourth-order valence-electron chi connectivity index (χ4n) is 2.94. The van der Waals surface area contributed by atoms with Gasteiger partial charge < -0.3 is 5.32 Å². The molecular formula is C20H29NO. The monoisotopic (exact) mass is 299 g/mol. The largest absolute Gasteiger partial charge is 0.350 e. The van der Waals surface area contributed by atoms with E-state index >= 15 is 0 Å². The van der Waals surface area contributed by atoms with E-state index in [0.717, 1.165) is 18.4 Å². The van der Waals surface area contributed by atoms with Crippen LogP contribution in [0, 0.1) is 0 Å². The summed E-state index contributed by atoms with van der Waals surface area (Å²) in [6, 6.07) is 8.81. The fourth-order valence-corrected chi connectivity index (χ4v) is 2.94. The van der Waals surface area contributed by atoms with Gasteiger partial charge >= 0.3 is 0 Å². The number of carbonyl (C=O) groups excluding carboxylic acids is 1. The summed E-state index contributed by atoms with van der Waals surface area (Å²) in [6.07, 6.45) is 10.9. The highest BCUT2D eigenvalue weighted by Crippen LogP contribution is 2.22. The maximum atomic E-state index is 12.0. The average Bonchev–Trinajstić information content (AvgIpc) is 2.73. The predicted molar refractivity (Wildman–Crippen MR) is 93.8 cm³/mol. The first kappa shape index (κ1) is 16.8. The standard InChI is InChI=1S/C20H29NO/c1-20(2,3)17-13-10-16(11-14-17)12-15-19(22)21-18-8-6-4-5-7-9-18/h10-15,18H,4-9H2,1-3H3,(H,21,22)/b15-12+. The van der Waals surface area contributed by atoms with Crippen molar-refractivity contribution in [2.45, 2.75) is 70.8 Å². The zero-order valence-corrected chi connectivity index (χ0v) is 14.2. The van der Waals surface area contributed by atoms with Crippen molar-refractivity contribution in [3.05, 3.63) is 41.5 Å². The molecule has 1 aliphatic rings. The Balaban J connectivity index is 1.89. The van der Waals surface area contributed by atoms with Gasteiger partial charge in [-0.05, 0) is 35.5 Å². The first-order valence-corrected chi connectivity index (χ1v) is 8.54. The molecule has 0 heterocycles. The van der Waals surface area contributed by atoms with Gasteiger partial charge in [-0.2, -0.15) is 0 Å².